The Morgan fingerprint density at radius 2 is 2.21 bits per heavy atom. The van der Waals surface area contributed by atoms with Crippen LogP contribution < -0.4 is 4.74 Å². The number of rotatable bonds is 2. The summed E-state index contributed by atoms with van der Waals surface area (Å²) in [5.74, 6) is 0.719. The molecule has 14 heavy (non-hydrogen) atoms. The lowest BCUT2D eigenvalue weighted by atomic mass is 9.97. The molecule has 0 aromatic heterocycles. The molecule has 72 valence electrons. The zero-order valence-corrected chi connectivity index (χ0v) is 8.64. The predicted molar refractivity (Wildman–Crippen MR) is 54.5 cm³/mol. The number of halogens is 1. The van der Waals surface area contributed by atoms with E-state index < -0.39 is 0 Å². The number of hydrogen-bond acceptors (Lipinski definition) is 2. The number of hydrogen-bond donors (Lipinski definition) is 0. The molecule has 1 saturated carbocycles. The van der Waals surface area contributed by atoms with Gasteiger partial charge >= 0.3 is 0 Å². The van der Waals surface area contributed by atoms with Gasteiger partial charge in [0.15, 0.2) is 0 Å². The molecule has 0 unspecified atom stereocenters. The number of benzene rings is 1. The van der Waals surface area contributed by atoms with E-state index in [1.165, 1.54) is 0 Å². The Morgan fingerprint density at radius 3 is 2.71 bits per heavy atom. The first-order valence-corrected chi connectivity index (χ1v) is 4.85. The van der Waals surface area contributed by atoms with Crippen LogP contribution in [0.4, 0.5) is 0 Å². The van der Waals surface area contributed by atoms with Gasteiger partial charge in [-0.15, -0.1) is 0 Å². The third-order valence-electron chi connectivity index (χ3n) is 2.64. The molecule has 0 N–H and O–H groups in total. The number of methoxy groups -OCH3 is 1. The molecule has 0 radical (unpaired) electrons. The Hall–Kier alpha value is -1.20. The Balaban J connectivity index is 2.49. The molecule has 0 atom stereocenters. The van der Waals surface area contributed by atoms with Crippen molar-refractivity contribution < 1.29 is 4.74 Å². The third-order valence-corrected chi connectivity index (χ3v) is 2.88. The summed E-state index contributed by atoms with van der Waals surface area (Å²) in [4.78, 5) is 0. The zero-order chi connectivity index (χ0) is 10.2. The van der Waals surface area contributed by atoms with Gasteiger partial charge < -0.3 is 4.74 Å². The van der Waals surface area contributed by atoms with Crippen LogP contribution in [0.1, 0.15) is 18.4 Å². The van der Waals surface area contributed by atoms with Crippen LogP contribution in [0.2, 0.25) is 5.02 Å². The highest BCUT2D eigenvalue weighted by Crippen LogP contribution is 2.51. The first-order valence-electron chi connectivity index (χ1n) is 4.47. The summed E-state index contributed by atoms with van der Waals surface area (Å²) in [6.07, 6.45) is 1.84. The van der Waals surface area contributed by atoms with Crippen molar-refractivity contribution in [1.29, 1.82) is 5.26 Å². The first-order chi connectivity index (χ1) is 6.72. The van der Waals surface area contributed by atoms with Crippen LogP contribution in [0.3, 0.4) is 0 Å². The lowest BCUT2D eigenvalue weighted by Gasteiger charge is -2.11. The van der Waals surface area contributed by atoms with Gasteiger partial charge in [-0.05, 0) is 25.0 Å². The van der Waals surface area contributed by atoms with Crippen molar-refractivity contribution in [3.63, 3.8) is 0 Å². The van der Waals surface area contributed by atoms with E-state index in [9.17, 15) is 0 Å². The highest BCUT2D eigenvalue weighted by atomic mass is 35.5. The summed E-state index contributed by atoms with van der Waals surface area (Å²) in [6, 6.07) is 7.79. The Kier molecular flexibility index (Phi) is 2.13. The SMILES string of the molecule is COc1cc(Cl)ccc1C1(C#N)CC1. The predicted octanol–water partition coefficient (Wildman–Crippen LogP) is 2.90. The van der Waals surface area contributed by atoms with Gasteiger partial charge in [-0.2, -0.15) is 5.26 Å². The van der Waals surface area contributed by atoms with E-state index >= 15 is 0 Å². The molecule has 0 saturated heterocycles. The minimum atomic E-state index is -0.310. The van der Waals surface area contributed by atoms with Crippen LogP contribution in [-0.2, 0) is 5.41 Å². The van der Waals surface area contributed by atoms with Gasteiger partial charge in [0.25, 0.3) is 0 Å². The Morgan fingerprint density at radius 1 is 1.50 bits per heavy atom. The van der Waals surface area contributed by atoms with Crippen molar-refractivity contribution in [1.82, 2.24) is 0 Å². The highest BCUT2D eigenvalue weighted by molar-refractivity contribution is 6.30. The molecule has 0 heterocycles. The van der Waals surface area contributed by atoms with E-state index in [0.717, 1.165) is 24.2 Å². The second kappa shape index (κ2) is 3.18. The molecule has 1 aromatic rings. The van der Waals surface area contributed by atoms with Gasteiger partial charge in [-0.25, -0.2) is 0 Å². The van der Waals surface area contributed by atoms with Gasteiger partial charge in [-0.1, -0.05) is 17.7 Å². The topological polar surface area (TPSA) is 33.0 Å². The van der Waals surface area contributed by atoms with Crippen LogP contribution in [0, 0.1) is 11.3 Å². The van der Waals surface area contributed by atoms with Crippen LogP contribution in [0.25, 0.3) is 0 Å². The number of ether oxygens (including phenoxy) is 1. The minimum Gasteiger partial charge on any atom is -0.496 e. The standard InChI is InChI=1S/C11H10ClNO/c1-14-10-6-8(12)2-3-9(10)11(7-13)4-5-11/h2-3,6H,4-5H2,1H3. The second-order valence-corrected chi connectivity index (χ2v) is 3.97. The zero-order valence-electron chi connectivity index (χ0n) is 7.88. The summed E-state index contributed by atoms with van der Waals surface area (Å²) in [5.41, 5.74) is 0.655. The average Bonchev–Trinajstić information content (AvgIpc) is 2.98. The van der Waals surface area contributed by atoms with Gasteiger partial charge in [0, 0.05) is 10.6 Å². The third kappa shape index (κ3) is 1.34. The molecule has 1 aliphatic carbocycles. The molecular formula is C11H10ClNO. The summed E-state index contributed by atoms with van der Waals surface area (Å²) >= 11 is 5.85. The molecule has 1 aliphatic rings. The van der Waals surface area contributed by atoms with E-state index in [1.807, 2.05) is 6.07 Å². The van der Waals surface area contributed by atoms with Crippen molar-refractivity contribution in [2.75, 3.05) is 7.11 Å². The molecular weight excluding hydrogens is 198 g/mol. The molecule has 0 spiro atoms. The maximum absolute atomic E-state index is 9.06. The quantitative estimate of drug-likeness (QED) is 0.747. The van der Waals surface area contributed by atoms with Crippen molar-refractivity contribution >= 4 is 11.6 Å². The van der Waals surface area contributed by atoms with E-state index in [0.29, 0.717) is 5.02 Å². The van der Waals surface area contributed by atoms with Crippen LogP contribution in [0.15, 0.2) is 18.2 Å². The second-order valence-electron chi connectivity index (χ2n) is 3.54. The van der Waals surface area contributed by atoms with Gasteiger partial charge in [0.2, 0.25) is 0 Å². The fraction of sp³-hybridized carbons (Fsp3) is 0.364. The Labute approximate surface area is 88.1 Å². The molecule has 2 nitrogen and oxygen atoms in total. The maximum Gasteiger partial charge on any atom is 0.125 e. The van der Waals surface area contributed by atoms with Crippen LogP contribution >= 0.6 is 11.6 Å². The monoisotopic (exact) mass is 207 g/mol. The molecule has 2 rings (SSSR count). The molecule has 3 heteroatoms. The van der Waals surface area contributed by atoms with E-state index in [1.54, 1.807) is 19.2 Å². The van der Waals surface area contributed by atoms with Crippen LogP contribution in [-0.4, -0.2) is 7.11 Å². The maximum atomic E-state index is 9.06. The molecule has 1 aromatic carbocycles. The summed E-state index contributed by atoms with van der Waals surface area (Å²) in [5, 5.41) is 9.70. The number of nitriles is 1. The Bertz CT molecular complexity index is 404. The van der Waals surface area contributed by atoms with E-state index in [4.69, 9.17) is 21.6 Å². The normalized spacial score (nSPS) is 17.2. The van der Waals surface area contributed by atoms with Gasteiger partial charge in [0.05, 0.1) is 18.6 Å². The first kappa shape index (κ1) is 9.36. The van der Waals surface area contributed by atoms with Crippen LogP contribution in [0.5, 0.6) is 5.75 Å². The van der Waals surface area contributed by atoms with Crippen molar-refractivity contribution in [3.8, 4) is 11.8 Å². The van der Waals surface area contributed by atoms with E-state index in [-0.39, 0.29) is 5.41 Å². The van der Waals surface area contributed by atoms with Crippen molar-refractivity contribution in [2.24, 2.45) is 0 Å². The van der Waals surface area contributed by atoms with Gasteiger partial charge in [0.1, 0.15) is 5.75 Å². The van der Waals surface area contributed by atoms with Crippen molar-refractivity contribution in [2.45, 2.75) is 18.3 Å². The minimum absolute atomic E-state index is 0.310. The largest absolute Gasteiger partial charge is 0.496 e. The summed E-state index contributed by atoms with van der Waals surface area (Å²) in [7, 11) is 1.60. The van der Waals surface area contributed by atoms with E-state index in [2.05, 4.69) is 6.07 Å². The van der Waals surface area contributed by atoms with Crippen molar-refractivity contribution in [3.05, 3.63) is 28.8 Å². The lowest BCUT2D eigenvalue weighted by Crippen LogP contribution is -2.04. The number of nitrogens with zero attached hydrogens (tertiary/aromatic N) is 1. The molecule has 0 bridgehead atoms. The highest BCUT2D eigenvalue weighted by Gasteiger charge is 2.46. The molecule has 0 aliphatic heterocycles. The fourth-order valence-electron chi connectivity index (χ4n) is 1.63. The molecule has 0 amide bonds. The average molecular weight is 208 g/mol. The fourth-order valence-corrected chi connectivity index (χ4v) is 1.79. The smallest absolute Gasteiger partial charge is 0.125 e. The molecule has 1 fully saturated rings. The lowest BCUT2D eigenvalue weighted by molar-refractivity contribution is 0.407. The van der Waals surface area contributed by atoms with Gasteiger partial charge in [-0.3, -0.25) is 0 Å². The summed E-state index contributed by atoms with van der Waals surface area (Å²) in [6.45, 7) is 0. The summed E-state index contributed by atoms with van der Waals surface area (Å²) < 4.78 is 5.22.